The molecule has 0 aliphatic rings. The average molecular weight is 311 g/mol. The van der Waals surface area contributed by atoms with E-state index in [1.165, 1.54) is 4.68 Å². The molecule has 3 aromatic rings. The number of aromatic nitrogens is 3. The van der Waals surface area contributed by atoms with Gasteiger partial charge in [0.15, 0.2) is 0 Å². The first kappa shape index (κ1) is 15.2. The summed E-state index contributed by atoms with van der Waals surface area (Å²) in [6, 6.07) is 12.5. The standard InChI is InChI=1S/C17H17N3O3/c1-11-7-8-16(23-2)13(9-11)15(21)10-20-17(22)12-5-3-4-6-14(12)18-19-20/h3-9,15,21H,10H2,1-2H3/t15-/m1/s1. The molecule has 2 aromatic carbocycles. The van der Waals surface area contributed by atoms with Crippen molar-refractivity contribution in [1.82, 2.24) is 15.0 Å². The van der Waals surface area contributed by atoms with Gasteiger partial charge in [-0.2, -0.15) is 0 Å². The van der Waals surface area contributed by atoms with Crippen molar-refractivity contribution in [3.05, 3.63) is 63.9 Å². The van der Waals surface area contributed by atoms with Gasteiger partial charge >= 0.3 is 0 Å². The summed E-state index contributed by atoms with van der Waals surface area (Å²) in [5, 5.41) is 18.9. The van der Waals surface area contributed by atoms with Crippen molar-refractivity contribution in [2.75, 3.05) is 7.11 Å². The van der Waals surface area contributed by atoms with Crippen molar-refractivity contribution in [2.24, 2.45) is 0 Å². The second-order valence-corrected chi connectivity index (χ2v) is 5.36. The maximum Gasteiger partial charge on any atom is 0.277 e. The molecule has 118 valence electrons. The van der Waals surface area contributed by atoms with Crippen LogP contribution < -0.4 is 10.3 Å². The van der Waals surface area contributed by atoms with E-state index in [1.807, 2.05) is 19.1 Å². The maximum atomic E-state index is 12.4. The number of rotatable bonds is 4. The number of aliphatic hydroxyl groups excluding tert-OH is 1. The molecule has 0 aliphatic carbocycles. The van der Waals surface area contributed by atoms with Crippen LogP contribution in [0.3, 0.4) is 0 Å². The predicted molar refractivity (Wildman–Crippen MR) is 86.5 cm³/mol. The summed E-state index contributed by atoms with van der Waals surface area (Å²) in [7, 11) is 1.54. The molecule has 0 unspecified atom stereocenters. The van der Waals surface area contributed by atoms with Crippen molar-refractivity contribution in [3.8, 4) is 5.75 Å². The van der Waals surface area contributed by atoms with Crippen LogP contribution in [0.15, 0.2) is 47.3 Å². The van der Waals surface area contributed by atoms with Crippen LogP contribution in [0.1, 0.15) is 17.2 Å². The second kappa shape index (κ2) is 6.18. The number of hydrogen-bond acceptors (Lipinski definition) is 5. The minimum absolute atomic E-state index is 0.0104. The monoisotopic (exact) mass is 311 g/mol. The maximum absolute atomic E-state index is 12.4. The minimum Gasteiger partial charge on any atom is -0.496 e. The third kappa shape index (κ3) is 2.93. The number of aliphatic hydroxyl groups is 1. The first-order chi connectivity index (χ1) is 11.1. The van der Waals surface area contributed by atoms with E-state index in [0.29, 0.717) is 22.2 Å². The van der Waals surface area contributed by atoms with Gasteiger partial charge in [0.1, 0.15) is 17.4 Å². The number of hydrogen-bond donors (Lipinski definition) is 1. The lowest BCUT2D eigenvalue weighted by Gasteiger charge is -2.16. The highest BCUT2D eigenvalue weighted by atomic mass is 16.5. The number of aryl methyl sites for hydroxylation is 1. The molecule has 1 atom stereocenters. The van der Waals surface area contributed by atoms with Crippen LogP contribution in [0.4, 0.5) is 0 Å². The summed E-state index contributed by atoms with van der Waals surface area (Å²) in [5.74, 6) is 0.574. The zero-order valence-electron chi connectivity index (χ0n) is 12.9. The Morgan fingerprint density at radius 1 is 1.26 bits per heavy atom. The van der Waals surface area contributed by atoms with Gasteiger partial charge in [0, 0.05) is 5.56 Å². The zero-order valence-corrected chi connectivity index (χ0v) is 12.9. The summed E-state index contributed by atoms with van der Waals surface area (Å²) < 4.78 is 6.45. The number of ether oxygens (including phenoxy) is 1. The molecular weight excluding hydrogens is 294 g/mol. The fourth-order valence-corrected chi connectivity index (χ4v) is 2.52. The van der Waals surface area contributed by atoms with Crippen LogP contribution >= 0.6 is 0 Å². The highest BCUT2D eigenvalue weighted by molar-refractivity contribution is 5.76. The van der Waals surface area contributed by atoms with Gasteiger partial charge in [-0.05, 0) is 31.2 Å². The molecule has 0 fully saturated rings. The Morgan fingerprint density at radius 2 is 2.04 bits per heavy atom. The molecule has 3 rings (SSSR count). The molecule has 1 N–H and O–H groups in total. The largest absolute Gasteiger partial charge is 0.496 e. The van der Waals surface area contributed by atoms with E-state index in [0.717, 1.165) is 5.56 Å². The van der Waals surface area contributed by atoms with E-state index in [2.05, 4.69) is 10.3 Å². The SMILES string of the molecule is COc1ccc(C)cc1[C@H](O)Cn1nnc2ccccc2c1=O. The van der Waals surface area contributed by atoms with Gasteiger partial charge in [-0.1, -0.05) is 29.0 Å². The lowest BCUT2D eigenvalue weighted by molar-refractivity contribution is 0.144. The predicted octanol–water partition coefficient (Wildman–Crippen LogP) is 1.84. The van der Waals surface area contributed by atoms with Gasteiger partial charge in [0.25, 0.3) is 5.56 Å². The highest BCUT2D eigenvalue weighted by Gasteiger charge is 2.16. The molecule has 0 bridgehead atoms. The van der Waals surface area contributed by atoms with Gasteiger partial charge in [0.2, 0.25) is 0 Å². The average Bonchev–Trinajstić information content (AvgIpc) is 2.57. The van der Waals surface area contributed by atoms with Gasteiger partial charge in [-0.3, -0.25) is 4.79 Å². The molecule has 23 heavy (non-hydrogen) atoms. The molecule has 0 amide bonds. The molecule has 0 saturated carbocycles. The fourth-order valence-electron chi connectivity index (χ4n) is 2.52. The van der Waals surface area contributed by atoms with E-state index in [4.69, 9.17) is 4.74 Å². The number of fused-ring (bicyclic) bond motifs is 1. The smallest absolute Gasteiger partial charge is 0.277 e. The molecule has 0 aliphatic heterocycles. The summed E-state index contributed by atoms with van der Waals surface area (Å²) in [4.78, 5) is 12.4. The van der Waals surface area contributed by atoms with Gasteiger partial charge in [-0.15, -0.1) is 5.10 Å². The van der Waals surface area contributed by atoms with E-state index < -0.39 is 6.10 Å². The normalized spacial score (nSPS) is 12.3. The Bertz CT molecular complexity index is 905. The van der Waals surface area contributed by atoms with Crippen molar-refractivity contribution < 1.29 is 9.84 Å². The van der Waals surface area contributed by atoms with E-state index in [1.54, 1.807) is 37.4 Å². The molecule has 0 spiro atoms. The van der Waals surface area contributed by atoms with Crippen LogP contribution in [0.2, 0.25) is 0 Å². The Hall–Kier alpha value is -2.73. The van der Waals surface area contributed by atoms with Gasteiger partial charge in [0.05, 0.1) is 19.0 Å². The molecule has 0 saturated heterocycles. The van der Waals surface area contributed by atoms with E-state index in [9.17, 15) is 9.90 Å². The van der Waals surface area contributed by atoms with Crippen molar-refractivity contribution in [1.29, 1.82) is 0 Å². The third-order valence-corrected chi connectivity index (χ3v) is 3.72. The summed E-state index contributed by atoms with van der Waals surface area (Å²) >= 11 is 0. The van der Waals surface area contributed by atoms with Crippen LogP contribution in [0.5, 0.6) is 5.75 Å². The van der Waals surface area contributed by atoms with Crippen LogP contribution in [0, 0.1) is 6.92 Å². The minimum atomic E-state index is -0.919. The van der Waals surface area contributed by atoms with Gasteiger partial charge in [-0.25, -0.2) is 4.68 Å². The lowest BCUT2D eigenvalue weighted by Crippen LogP contribution is -2.27. The number of methoxy groups -OCH3 is 1. The van der Waals surface area contributed by atoms with Crippen molar-refractivity contribution in [3.63, 3.8) is 0 Å². The first-order valence-electron chi connectivity index (χ1n) is 7.25. The van der Waals surface area contributed by atoms with Gasteiger partial charge < -0.3 is 9.84 Å². The zero-order chi connectivity index (χ0) is 16.4. The number of benzene rings is 2. The summed E-state index contributed by atoms with van der Waals surface area (Å²) in [5.41, 5.74) is 1.88. The summed E-state index contributed by atoms with van der Waals surface area (Å²) in [6.45, 7) is 1.94. The molecule has 6 nitrogen and oxygen atoms in total. The summed E-state index contributed by atoms with van der Waals surface area (Å²) in [6.07, 6.45) is -0.919. The Kier molecular flexibility index (Phi) is 4.08. The molecule has 1 heterocycles. The van der Waals surface area contributed by atoms with E-state index in [-0.39, 0.29) is 12.1 Å². The fraction of sp³-hybridized carbons (Fsp3) is 0.235. The first-order valence-corrected chi connectivity index (χ1v) is 7.25. The molecule has 0 radical (unpaired) electrons. The second-order valence-electron chi connectivity index (χ2n) is 5.36. The van der Waals surface area contributed by atoms with Crippen molar-refractivity contribution in [2.45, 2.75) is 19.6 Å². The highest BCUT2D eigenvalue weighted by Crippen LogP contribution is 2.27. The topological polar surface area (TPSA) is 77.2 Å². The Labute approximate surface area is 133 Å². The molecule has 6 heteroatoms. The van der Waals surface area contributed by atoms with E-state index >= 15 is 0 Å². The van der Waals surface area contributed by atoms with Crippen molar-refractivity contribution >= 4 is 10.9 Å². The molecule has 1 aromatic heterocycles. The third-order valence-electron chi connectivity index (χ3n) is 3.72. The number of nitrogens with zero attached hydrogens (tertiary/aromatic N) is 3. The lowest BCUT2D eigenvalue weighted by atomic mass is 10.1. The Morgan fingerprint density at radius 3 is 2.83 bits per heavy atom. The van der Waals surface area contributed by atoms with Crippen LogP contribution in [-0.2, 0) is 6.54 Å². The van der Waals surface area contributed by atoms with Crippen LogP contribution in [0.25, 0.3) is 10.9 Å². The quantitative estimate of drug-likeness (QED) is 0.795. The van der Waals surface area contributed by atoms with Crippen LogP contribution in [-0.4, -0.2) is 27.2 Å². The Balaban J connectivity index is 1.97. The molecular formula is C17H17N3O3.